The summed E-state index contributed by atoms with van der Waals surface area (Å²) in [7, 11) is 4.01. The fourth-order valence-corrected chi connectivity index (χ4v) is 3.54. The summed E-state index contributed by atoms with van der Waals surface area (Å²) >= 11 is 0. The van der Waals surface area contributed by atoms with Gasteiger partial charge in [0.25, 0.3) is 5.91 Å². The summed E-state index contributed by atoms with van der Waals surface area (Å²) in [4.78, 5) is 15.0. The van der Waals surface area contributed by atoms with Crippen LogP contribution in [0.2, 0.25) is 0 Å². The quantitative estimate of drug-likeness (QED) is 0.556. The molecule has 3 nitrogen and oxygen atoms in total. The number of likely N-dealkylation sites (N-methyl/N-ethyl adjacent to an activating group) is 1. The number of amides is 1. The van der Waals surface area contributed by atoms with E-state index in [0.717, 1.165) is 28.3 Å². The lowest BCUT2D eigenvalue weighted by Gasteiger charge is -2.14. The number of carbonyl (C=O) groups excluding carboxylic acids is 1. The smallest absolute Gasteiger partial charge is 0.251 e. The van der Waals surface area contributed by atoms with Gasteiger partial charge in [0, 0.05) is 18.7 Å². The van der Waals surface area contributed by atoms with Crippen LogP contribution in [0.15, 0.2) is 66.7 Å². The summed E-state index contributed by atoms with van der Waals surface area (Å²) in [5.74, 6) is -0.0158. The highest BCUT2D eigenvalue weighted by Crippen LogP contribution is 2.33. The molecule has 1 N–H and O–H groups in total. The van der Waals surface area contributed by atoms with Crippen molar-refractivity contribution in [1.29, 1.82) is 0 Å². The third-order valence-corrected chi connectivity index (χ3v) is 4.86. The number of hydrogen-bond donors (Lipinski definition) is 1. The SMILES string of the molecule is CN(C)CCNC(=O)c1cc2c3ccccc3ccc2c2ccccc12. The normalized spacial score (nSPS) is 11.5. The van der Waals surface area contributed by atoms with Crippen LogP contribution in [0.5, 0.6) is 0 Å². The van der Waals surface area contributed by atoms with E-state index in [1.807, 2.05) is 50.5 Å². The van der Waals surface area contributed by atoms with Gasteiger partial charge >= 0.3 is 0 Å². The van der Waals surface area contributed by atoms with Crippen molar-refractivity contribution in [3.05, 3.63) is 72.3 Å². The topological polar surface area (TPSA) is 32.3 Å². The van der Waals surface area contributed by atoms with E-state index >= 15 is 0 Å². The summed E-state index contributed by atoms with van der Waals surface area (Å²) in [5.41, 5.74) is 0.739. The van der Waals surface area contributed by atoms with E-state index in [1.165, 1.54) is 16.2 Å². The molecule has 0 saturated heterocycles. The summed E-state index contributed by atoms with van der Waals surface area (Å²) in [6, 6.07) is 22.9. The number of rotatable bonds is 4. The second-order valence-electron chi connectivity index (χ2n) is 6.91. The predicted molar refractivity (Wildman–Crippen MR) is 110 cm³/mol. The first-order valence-corrected chi connectivity index (χ1v) is 8.91. The molecule has 26 heavy (non-hydrogen) atoms. The van der Waals surface area contributed by atoms with E-state index in [4.69, 9.17) is 0 Å². The first kappa shape index (κ1) is 16.6. The molecule has 4 rings (SSSR count). The second kappa shape index (κ2) is 6.77. The van der Waals surface area contributed by atoms with Crippen LogP contribution in [-0.4, -0.2) is 38.0 Å². The van der Waals surface area contributed by atoms with Crippen molar-refractivity contribution in [3.63, 3.8) is 0 Å². The number of carbonyl (C=O) groups is 1. The Hall–Kier alpha value is -2.91. The van der Waals surface area contributed by atoms with Crippen molar-refractivity contribution in [2.24, 2.45) is 0 Å². The Morgan fingerprint density at radius 3 is 2.23 bits per heavy atom. The third kappa shape index (κ3) is 2.91. The van der Waals surface area contributed by atoms with E-state index in [-0.39, 0.29) is 5.91 Å². The Morgan fingerprint density at radius 1 is 0.808 bits per heavy atom. The van der Waals surface area contributed by atoms with Gasteiger partial charge in [-0.15, -0.1) is 0 Å². The zero-order valence-electron chi connectivity index (χ0n) is 15.1. The molecule has 0 unspecified atom stereocenters. The fraction of sp³-hybridized carbons (Fsp3) is 0.174. The monoisotopic (exact) mass is 342 g/mol. The van der Waals surface area contributed by atoms with Crippen LogP contribution in [0.3, 0.4) is 0 Å². The Kier molecular flexibility index (Phi) is 4.31. The van der Waals surface area contributed by atoms with E-state index < -0.39 is 0 Å². The maximum Gasteiger partial charge on any atom is 0.251 e. The Labute approximate surface area is 153 Å². The van der Waals surface area contributed by atoms with Gasteiger partial charge in [-0.2, -0.15) is 0 Å². The lowest BCUT2D eigenvalue weighted by atomic mass is 9.93. The molecule has 130 valence electrons. The standard InChI is InChI=1S/C23H22N2O/c1-25(2)14-13-24-23(26)22-15-21-17-8-4-3-7-16(17)11-12-20(21)18-9-5-6-10-19(18)22/h3-12,15H,13-14H2,1-2H3,(H,24,26). The molecule has 0 bridgehead atoms. The highest BCUT2D eigenvalue weighted by Gasteiger charge is 2.14. The van der Waals surface area contributed by atoms with E-state index in [0.29, 0.717) is 6.54 Å². The van der Waals surface area contributed by atoms with Crippen LogP contribution >= 0.6 is 0 Å². The number of benzene rings is 4. The molecule has 0 radical (unpaired) electrons. The van der Waals surface area contributed by atoms with Crippen LogP contribution in [0.1, 0.15) is 10.4 Å². The average Bonchev–Trinajstić information content (AvgIpc) is 2.66. The minimum atomic E-state index is -0.0158. The highest BCUT2D eigenvalue weighted by atomic mass is 16.1. The molecular formula is C23H22N2O. The van der Waals surface area contributed by atoms with Gasteiger partial charge in [0.15, 0.2) is 0 Å². The van der Waals surface area contributed by atoms with Crippen molar-refractivity contribution < 1.29 is 4.79 Å². The predicted octanol–water partition coefficient (Wildman–Crippen LogP) is 4.44. The molecule has 1 amide bonds. The molecule has 3 heteroatoms. The molecule has 0 spiro atoms. The zero-order chi connectivity index (χ0) is 18.1. The lowest BCUT2D eigenvalue weighted by molar-refractivity contribution is 0.0953. The summed E-state index contributed by atoms with van der Waals surface area (Å²) < 4.78 is 0. The lowest BCUT2D eigenvalue weighted by Crippen LogP contribution is -2.31. The van der Waals surface area contributed by atoms with Gasteiger partial charge in [0.2, 0.25) is 0 Å². The molecule has 0 atom stereocenters. The molecule has 4 aromatic rings. The molecule has 4 aromatic carbocycles. The number of fused-ring (bicyclic) bond motifs is 5. The zero-order valence-corrected chi connectivity index (χ0v) is 15.1. The van der Waals surface area contributed by atoms with Crippen molar-refractivity contribution in [2.45, 2.75) is 0 Å². The molecule has 0 aliphatic rings. The van der Waals surface area contributed by atoms with Crippen LogP contribution in [0, 0.1) is 0 Å². The van der Waals surface area contributed by atoms with Gasteiger partial charge in [0.05, 0.1) is 0 Å². The third-order valence-electron chi connectivity index (χ3n) is 4.86. The first-order valence-electron chi connectivity index (χ1n) is 8.91. The van der Waals surface area contributed by atoms with Crippen LogP contribution < -0.4 is 5.32 Å². The summed E-state index contributed by atoms with van der Waals surface area (Å²) in [5, 5.41) is 9.85. The summed E-state index contributed by atoms with van der Waals surface area (Å²) in [6.07, 6.45) is 0. The Bertz CT molecular complexity index is 1120. The van der Waals surface area contributed by atoms with Crippen molar-refractivity contribution in [1.82, 2.24) is 10.2 Å². The largest absolute Gasteiger partial charge is 0.351 e. The Balaban J connectivity index is 1.93. The number of nitrogens with one attached hydrogen (secondary N) is 1. The first-order chi connectivity index (χ1) is 12.6. The average molecular weight is 342 g/mol. The van der Waals surface area contributed by atoms with Gasteiger partial charge in [-0.05, 0) is 52.5 Å². The molecule has 0 aliphatic carbocycles. The van der Waals surface area contributed by atoms with Gasteiger partial charge in [0.1, 0.15) is 0 Å². The van der Waals surface area contributed by atoms with Crippen molar-refractivity contribution in [3.8, 4) is 0 Å². The number of nitrogens with zero attached hydrogens (tertiary/aromatic N) is 1. The second-order valence-corrected chi connectivity index (χ2v) is 6.91. The highest BCUT2D eigenvalue weighted by molar-refractivity contribution is 6.22. The minimum Gasteiger partial charge on any atom is -0.351 e. The molecule has 0 aromatic heterocycles. The van der Waals surface area contributed by atoms with E-state index in [1.54, 1.807) is 0 Å². The van der Waals surface area contributed by atoms with Gasteiger partial charge < -0.3 is 10.2 Å². The molecule has 0 fully saturated rings. The van der Waals surface area contributed by atoms with Crippen molar-refractivity contribution in [2.75, 3.05) is 27.2 Å². The van der Waals surface area contributed by atoms with Crippen LogP contribution in [0.4, 0.5) is 0 Å². The van der Waals surface area contributed by atoms with Gasteiger partial charge in [-0.3, -0.25) is 4.79 Å². The molecule has 0 heterocycles. The maximum atomic E-state index is 12.9. The molecule has 0 aliphatic heterocycles. The van der Waals surface area contributed by atoms with Crippen LogP contribution in [0.25, 0.3) is 32.3 Å². The van der Waals surface area contributed by atoms with Gasteiger partial charge in [-0.25, -0.2) is 0 Å². The van der Waals surface area contributed by atoms with Gasteiger partial charge in [-0.1, -0.05) is 60.7 Å². The molecular weight excluding hydrogens is 320 g/mol. The van der Waals surface area contributed by atoms with Crippen molar-refractivity contribution >= 4 is 38.2 Å². The minimum absolute atomic E-state index is 0.0158. The maximum absolute atomic E-state index is 12.9. The van der Waals surface area contributed by atoms with E-state index in [9.17, 15) is 4.79 Å². The van der Waals surface area contributed by atoms with Crippen LogP contribution in [-0.2, 0) is 0 Å². The fourth-order valence-electron chi connectivity index (χ4n) is 3.54. The Morgan fingerprint density at radius 2 is 1.46 bits per heavy atom. The van der Waals surface area contributed by atoms with E-state index in [2.05, 4.69) is 40.5 Å². The molecule has 0 saturated carbocycles. The number of hydrogen-bond acceptors (Lipinski definition) is 2. The summed E-state index contributed by atoms with van der Waals surface area (Å²) in [6.45, 7) is 1.45.